The number of fused-ring (bicyclic) bond motifs is 2. The summed E-state index contributed by atoms with van der Waals surface area (Å²) in [6.07, 6.45) is 6.85. The minimum Gasteiger partial charge on any atom is -0.396 e. The van der Waals surface area contributed by atoms with E-state index in [0.717, 1.165) is 38.5 Å². The van der Waals surface area contributed by atoms with Crippen LogP contribution in [0.25, 0.3) is 0 Å². The van der Waals surface area contributed by atoms with Crippen molar-refractivity contribution in [2.24, 2.45) is 23.7 Å². The fourth-order valence-corrected chi connectivity index (χ4v) is 5.95. The number of hydrogen-bond acceptors (Lipinski definition) is 5. The molecule has 5 heteroatoms. The smallest absolute Gasteiger partial charge is 0.201 e. The molecule has 0 aromatic heterocycles. The molecule has 2 bridgehead atoms. The largest absolute Gasteiger partial charge is 0.396 e. The van der Waals surface area contributed by atoms with E-state index in [9.17, 15) is 5.11 Å². The summed E-state index contributed by atoms with van der Waals surface area (Å²) in [5.41, 5.74) is -0.454. The summed E-state index contributed by atoms with van der Waals surface area (Å²) in [6.45, 7) is 6.77. The molecule has 0 unspecified atom stereocenters. The van der Waals surface area contributed by atoms with Gasteiger partial charge >= 0.3 is 0 Å². The number of aliphatic hydroxyl groups is 1. The summed E-state index contributed by atoms with van der Waals surface area (Å²) in [6, 6.07) is 0. The van der Waals surface area contributed by atoms with E-state index < -0.39 is 11.4 Å². The number of ether oxygens (including phenoxy) is 2. The highest BCUT2D eigenvalue weighted by Gasteiger charge is 2.69. The molecule has 0 aromatic rings. The van der Waals surface area contributed by atoms with E-state index in [2.05, 4.69) is 13.8 Å². The normalized spacial score (nSPS) is 53.5. The number of aliphatic hydroxyl groups excluding tert-OH is 1. The minimum atomic E-state index is -0.696. The lowest BCUT2D eigenvalue weighted by Crippen LogP contribution is -2.70. The predicted molar refractivity (Wildman–Crippen MR) is 87.8 cm³/mol. The lowest BCUT2D eigenvalue weighted by Gasteiger charge is -2.61. The van der Waals surface area contributed by atoms with Crippen molar-refractivity contribution in [1.82, 2.24) is 0 Å². The lowest BCUT2D eigenvalue weighted by molar-refractivity contribution is -0.571. The van der Waals surface area contributed by atoms with Crippen LogP contribution < -0.4 is 0 Å². The van der Waals surface area contributed by atoms with Gasteiger partial charge in [0.25, 0.3) is 0 Å². The molecule has 4 saturated heterocycles. The van der Waals surface area contributed by atoms with Gasteiger partial charge in [-0.3, -0.25) is 0 Å². The standard InChI is InChI=1S/C19H32O5/c1-4-13-15-8-7-12(2)14-9-10-18(3)22-17(19(14,15)24-23-18)21-16(13)6-5-11-20/h12-17,20H,4-11H2,1-3H3/t12-,13-,14+,15+,16-,17-,18+,19-/m1/s1. The molecule has 4 aliphatic heterocycles. The molecular weight excluding hydrogens is 308 g/mol. The molecule has 5 fully saturated rings. The third-order valence-electron chi connectivity index (χ3n) is 7.19. The van der Waals surface area contributed by atoms with Gasteiger partial charge in [0.05, 0.1) is 6.10 Å². The number of hydrogen-bond donors (Lipinski definition) is 1. The zero-order valence-electron chi connectivity index (χ0n) is 15.2. The predicted octanol–water partition coefficient (Wildman–Crippen LogP) is 3.40. The zero-order chi connectivity index (χ0) is 16.9. The summed E-state index contributed by atoms with van der Waals surface area (Å²) in [5, 5.41) is 9.26. The molecule has 5 aliphatic rings. The Morgan fingerprint density at radius 2 is 1.96 bits per heavy atom. The third kappa shape index (κ3) is 2.39. The van der Waals surface area contributed by atoms with Crippen LogP contribution >= 0.6 is 0 Å². The maximum atomic E-state index is 9.26. The minimum absolute atomic E-state index is 0.142. The molecule has 5 rings (SSSR count). The quantitative estimate of drug-likeness (QED) is 0.795. The van der Waals surface area contributed by atoms with E-state index >= 15 is 0 Å². The van der Waals surface area contributed by atoms with Crippen LogP contribution in [0.1, 0.15) is 65.7 Å². The van der Waals surface area contributed by atoms with Gasteiger partial charge in [-0.25, -0.2) is 9.78 Å². The maximum absolute atomic E-state index is 9.26. The van der Waals surface area contributed by atoms with Gasteiger partial charge in [-0.05, 0) is 56.8 Å². The van der Waals surface area contributed by atoms with Crippen LogP contribution in [0.4, 0.5) is 0 Å². The van der Waals surface area contributed by atoms with Gasteiger partial charge in [-0.2, -0.15) is 0 Å². The Labute approximate surface area is 144 Å². The van der Waals surface area contributed by atoms with Gasteiger partial charge in [0, 0.05) is 18.9 Å². The molecule has 4 heterocycles. The van der Waals surface area contributed by atoms with Crippen molar-refractivity contribution in [1.29, 1.82) is 0 Å². The van der Waals surface area contributed by atoms with Crippen molar-refractivity contribution < 1.29 is 24.4 Å². The summed E-state index contributed by atoms with van der Waals surface area (Å²) < 4.78 is 12.9. The second kappa shape index (κ2) is 6.20. The van der Waals surface area contributed by atoms with Crippen molar-refractivity contribution in [2.75, 3.05) is 6.61 Å². The average molecular weight is 340 g/mol. The first-order valence-corrected chi connectivity index (χ1v) is 9.85. The van der Waals surface area contributed by atoms with E-state index in [-0.39, 0.29) is 19.0 Å². The monoisotopic (exact) mass is 340 g/mol. The Kier molecular flexibility index (Phi) is 4.45. The van der Waals surface area contributed by atoms with Crippen molar-refractivity contribution >= 4 is 0 Å². The topological polar surface area (TPSA) is 57.2 Å². The average Bonchev–Trinajstić information content (AvgIpc) is 2.80. The fraction of sp³-hybridized carbons (Fsp3) is 1.00. The molecule has 8 atom stereocenters. The Bertz CT molecular complexity index is 471. The molecule has 1 saturated carbocycles. The van der Waals surface area contributed by atoms with Crippen molar-refractivity contribution in [3.63, 3.8) is 0 Å². The van der Waals surface area contributed by atoms with E-state index in [1.54, 1.807) is 0 Å². The summed E-state index contributed by atoms with van der Waals surface area (Å²) >= 11 is 0. The molecular formula is C19H32O5. The van der Waals surface area contributed by atoms with Crippen molar-refractivity contribution in [3.05, 3.63) is 0 Å². The Morgan fingerprint density at radius 3 is 2.71 bits per heavy atom. The summed E-state index contributed by atoms with van der Waals surface area (Å²) in [5.74, 6) is 1.19. The first kappa shape index (κ1) is 17.2. The van der Waals surface area contributed by atoms with E-state index in [4.69, 9.17) is 19.2 Å². The first-order chi connectivity index (χ1) is 11.5. The first-order valence-electron chi connectivity index (χ1n) is 9.85. The molecule has 0 radical (unpaired) electrons. The highest BCUT2D eigenvalue weighted by molar-refractivity contribution is 5.10. The Hall–Kier alpha value is -0.200. The van der Waals surface area contributed by atoms with E-state index in [1.165, 1.54) is 6.42 Å². The molecule has 1 N–H and O–H groups in total. The van der Waals surface area contributed by atoms with Gasteiger partial charge < -0.3 is 14.6 Å². The highest BCUT2D eigenvalue weighted by Crippen LogP contribution is 2.61. The summed E-state index contributed by atoms with van der Waals surface area (Å²) in [4.78, 5) is 12.0. The molecule has 1 spiro atoms. The molecule has 0 aromatic carbocycles. The lowest BCUT2D eigenvalue weighted by atomic mass is 9.56. The van der Waals surface area contributed by atoms with Crippen molar-refractivity contribution in [3.8, 4) is 0 Å². The summed E-state index contributed by atoms with van der Waals surface area (Å²) in [7, 11) is 0. The van der Waals surface area contributed by atoms with Crippen LogP contribution in [0, 0.1) is 23.7 Å². The van der Waals surface area contributed by atoms with E-state index in [0.29, 0.717) is 23.7 Å². The second-order valence-corrected chi connectivity index (χ2v) is 8.52. The maximum Gasteiger partial charge on any atom is 0.201 e. The molecule has 1 aliphatic carbocycles. The van der Waals surface area contributed by atoms with E-state index in [1.807, 2.05) is 6.92 Å². The van der Waals surface area contributed by atoms with Crippen LogP contribution in [0.3, 0.4) is 0 Å². The van der Waals surface area contributed by atoms with Gasteiger partial charge in [-0.15, -0.1) is 0 Å². The highest BCUT2D eigenvalue weighted by atomic mass is 17.3. The zero-order valence-corrected chi connectivity index (χ0v) is 15.2. The molecule has 5 nitrogen and oxygen atoms in total. The van der Waals surface area contributed by atoms with Crippen molar-refractivity contribution in [2.45, 2.75) is 89.5 Å². The van der Waals surface area contributed by atoms with Crippen LogP contribution in [0.2, 0.25) is 0 Å². The Balaban J connectivity index is 1.72. The van der Waals surface area contributed by atoms with Gasteiger partial charge in [0.15, 0.2) is 11.9 Å². The molecule has 138 valence electrons. The van der Waals surface area contributed by atoms with Crippen LogP contribution in [-0.2, 0) is 19.2 Å². The van der Waals surface area contributed by atoms with Crippen LogP contribution in [0.15, 0.2) is 0 Å². The SMILES string of the molecule is CC[C@H]1[C@@H](CCCO)O[C@@H]2O[C@]3(C)CC[C@H]4[C@H](C)CC[C@@H]1[C@@]24OO3. The number of rotatable bonds is 4. The molecule has 0 amide bonds. The fourth-order valence-electron chi connectivity index (χ4n) is 5.95. The third-order valence-corrected chi connectivity index (χ3v) is 7.19. The van der Waals surface area contributed by atoms with Crippen LogP contribution in [0.5, 0.6) is 0 Å². The molecule has 24 heavy (non-hydrogen) atoms. The van der Waals surface area contributed by atoms with Gasteiger partial charge in [0.2, 0.25) is 5.79 Å². The Morgan fingerprint density at radius 1 is 1.12 bits per heavy atom. The van der Waals surface area contributed by atoms with Crippen LogP contribution in [-0.4, -0.2) is 35.5 Å². The van der Waals surface area contributed by atoms with Gasteiger partial charge in [-0.1, -0.05) is 20.3 Å². The van der Waals surface area contributed by atoms with Gasteiger partial charge in [0.1, 0.15) is 0 Å². The second-order valence-electron chi connectivity index (χ2n) is 8.52.